The molecule has 0 radical (unpaired) electrons. The van der Waals surface area contributed by atoms with Crippen molar-refractivity contribution >= 4 is 17.5 Å². The zero-order chi connectivity index (χ0) is 18.6. The fraction of sp³-hybridized carbons (Fsp3) is 0.263. The number of aryl methyl sites for hydroxylation is 1. The summed E-state index contributed by atoms with van der Waals surface area (Å²) in [5, 5.41) is 15.6. The lowest BCUT2D eigenvalue weighted by atomic mass is 10.2. The number of carbonyl (C=O) groups excluding carboxylic acids is 1. The predicted octanol–water partition coefficient (Wildman–Crippen LogP) is 2.32. The topological polar surface area (TPSA) is 79.2 Å². The third kappa shape index (κ3) is 3.89. The quantitative estimate of drug-likeness (QED) is 0.773. The number of anilines is 2. The highest BCUT2D eigenvalue weighted by Crippen LogP contribution is 2.15. The Bertz CT molecular complexity index is 883. The SMILES string of the molecule is Cc1ccc(NC(=O)N2CCN(c3ccc(-n4cccn4)nn3)CC2)cc1. The second-order valence-corrected chi connectivity index (χ2v) is 6.47. The second-order valence-electron chi connectivity index (χ2n) is 6.47. The molecule has 8 heteroatoms. The Kier molecular flexibility index (Phi) is 4.69. The van der Waals surface area contributed by atoms with Crippen LogP contribution in [0.15, 0.2) is 54.9 Å². The van der Waals surface area contributed by atoms with Crippen LogP contribution in [0.4, 0.5) is 16.3 Å². The summed E-state index contributed by atoms with van der Waals surface area (Å²) in [4.78, 5) is 16.4. The largest absolute Gasteiger partial charge is 0.352 e. The molecule has 4 rings (SSSR count). The van der Waals surface area contributed by atoms with Gasteiger partial charge >= 0.3 is 6.03 Å². The summed E-state index contributed by atoms with van der Waals surface area (Å²) < 4.78 is 1.67. The van der Waals surface area contributed by atoms with E-state index in [9.17, 15) is 4.79 Å². The molecule has 0 aliphatic carbocycles. The molecule has 0 spiro atoms. The van der Waals surface area contributed by atoms with Crippen molar-refractivity contribution in [3.05, 3.63) is 60.4 Å². The zero-order valence-corrected chi connectivity index (χ0v) is 15.1. The maximum absolute atomic E-state index is 12.4. The maximum atomic E-state index is 12.4. The van der Waals surface area contributed by atoms with E-state index in [4.69, 9.17) is 0 Å². The van der Waals surface area contributed by atoms with Crippen LogP contribution in [0.5, 0.6) is 0 Å². The summed E-state index contributed by atoms with van der Waals surface area (Å²) in [5.74, 6) is 1.49. The molecule has 1 fully saturated rings. The Morgan fingerprint density at radius 1 is 0.963 bits per heavy atom. The third-order valence-electron chi connectivity index (χ3n) is 4.57. The van der Waals surface area contributed by atoms with Gasteiger partial charge in [0.2, 0.25) is 0 Å². The molecule has 1 saturated heterocycles. The van der Waals surface area contributed by atoms with Crippen LogP contribution >= 0.6 is 0 Å². The average Bonchev–Trinajstić information content (AvgIpc) is 3.25. The molecule has 1 aliphatic heterocycles. The van der Waals surface area contributed by atoms with E-state index in [-0.39, 0.29) is 6.03 Å². The molecule has 27 heavy (non-hydrogen) atoms. The van der Waals surface area contributed by atoms with Crippen LogP contribution in [0.25, 0.3) is 5.82 Å². The fourth-order valence-electron chi connectivity index (χ4n) is 2.99. The number of hydrogen-bond acceptors (Lipinski definition) is 5. The fourth-order valence-corrected chi connectivity index (χ4v) is 2.99. The molecule has 0 saturated carbocycles. The first-order chi connectivity index (χ1) is 13.2. The molecule has 3 heterocycles. The van der Waals surface area contributed by atoms with Crippen LogP contribution in [0, 0.1) is 6.92 Å². The molecule has 1 N–H and O–H groups in total. The molecule has 1 aliphatic rings. The van der Waals surface area contributed by atoms with Gasteiger partial charge in [-0.05, 0) is 37.3 Å². The number of carbonyl (C=O) groups is 1. The van der Waals surface area contributed by atoms with Crippen LogP contribution in [-0.2, 0) is 0 Å². The molecule has 0 bridgehead atoms. The molecule has 2 amide bonds. The smallest absolute Gasteiger partial charge is 0.321 e. The minimum absolute atomic E-state index is 0.0707. The van der Waals surface area contributed by atoms with E-state index in [1.807, 2.05) is 60.5 Å². The number of amides is 2. The Morgan fingerprint density at radius 2 is 1.67 bits per heavy atom. The van der Waals surface area contributed by atoms with Gasteiger partial charge < -0.3 is 15.1 Å². The highest BCUT2D eigenvalue weighted by molar-refractivity contribution is 5.89. The summed E-state index contributed by atoms with van der Waals surface area (Å²) in [6.07, 6.45) is 3.53. The van der Waals surface area contributed by atoms with Gasteiger partial charge in [-0.2, -0.15) is 5.10 Å². The first-order valence-electron chi connectivity index (χ1n) is 8.90. The van der Waals surface area contributed by atoms with E-state index >= 15 is 0 Å². The molecule has 0 unspecified atom stereocenters. The summed E-state index contributed by atoms with van der Waals surface area (Å²) >= 11 is 0. The number of benzene rings is 1. The van der Waals surface area contributed by atoms with Gasteiger partial charge in [-0.3, -0.25) is 0 Å². The van der Waals surface area contributed by atoms with Gasteiger partial charge in [-0.15, -0.1) is 10.2 Å². The molecule has 2 aromatic heterocycles. The number of urea groups is 1. The van der Waals surface area contributed by atoms with E-state index in [1.54, 1.807) is 10.9 Å². The van der Waals surface area contributed by atoms with E-state index in [0.717, 1.165) is 24.6 Å². The van der Waals surface area contributed by atoms with Gasteiger partial charge in [0.25, 0.3) is 0 Å². The lowest BCUT2D eigenvalue weighted by Crippen LogP contribution is -2.50. The molecule has 0 atom stereocenters. The number of hydrogen-bond donors (Lipinski definition) is 1. The van der Waals surface area contributed by atoms with E-state index < -0.39 is 0 Å². The van der Waals surface area contributed by atoms with Crippen molar-refractivity contribution in [1.82, 2.24) is 24.9 Å². The number of nitrogens with zero attached hydrogens (tertiary/aromatic N) is 6. The van der Waals surface area contributed by atoms with Gasteiger partial charge in [0.05, 0.1) is 0 Å². The lowest BCUT2D eigenvalue weighted by molar-refractivity contribution is 0.208. The molecule has 3 aromatic rings. The summed E-state index contributed by atoms with van der Waals surface area (Å²) in [7, 11) is 0. The second kappa shape index (κ2) is 7.45. The first-order valence-corrected chi connectivity index (χ1v) is 8.90. The lowest BCUT2D eigenvalue weighted by Gasteiger charge is -2.35. The Hall–Kier alpha value is -3.42. The number of nitrogens with one attached hydrogen (secondary N) is 1. The highest BCUT2D eigenvalue weighted by Gasteiger charge is 2.22. The van der Waals surface area contributed by atoms with Gasteiger partial charge in [0.1, 0.15) is 0 Å². The predicted molar refractivity (Wildman–Crippen MR) is 103 cm³/mol. The highest BCUT2D eigenvalue weighted by atomic mass is 16.2. The zero-order valence-electron chi connectivity index (χ0n) is 15.1. The van der Waals surface area contributed by atoms with Gasteiger partial charge in [-0.25, -0.2) is 9.48 Å². The van der Waals surface area contributed by atoms with Crippen molar-refractivity contribution in [2.75, 3.05) is 36.4 Å². The van der Waals surface area contributed by atoms with Gasteiger partial charge in [0, 0.05) is 44.3 Å². The van der Waals surface area contributed by atoms with Crippen LogP contribution in [0.2, 0.25) is 0 Å². The number of piperazine rings is 1. The number of aromatic nitrogens is 4. The molecular formula is C19H21N7O. The summed E-state index contributed by atoms with van der Waals surface area (Å²) in [5.41, 5.74) is 1.98. The van der Waals surface area contributed by atoms with Gasteiger partial charge in [0.15, 0.2) is 11.6 Å². The minimum atomic E-state index is -0.0707. The van der Waals surface area contributed by atoms with Crippen molar-refractivity contribution in [2.45, 2.75) is 6.92 Å². The van der Waals surface area contributed by atoms with Crippen molar-refractivity contribution in [2.24, 2.45) is 0 Å². The average molecular weight is 363 g/mol. The Balaban J connectivity index is 1.33. The molecule has 138 valence electrons. The van der Waals surface area contributed by atoms with Crippen molar-refractivity contribution < 1.29 is 4.79 Å². The van der Waals surface area contributed by atoms with Crippen LogP contribution in [0.3, 0.4) is 0 Å². The Morgan fingerprint density at radius 3 is 2.30 bits per heavy atom. The first kappa shape index (κ1) is 17.0. The summed E-state index contributed by atoms with van der Waals surface area (Å²) in [6, 6.07) is 13.4. The van der Waals surface area contributed by atoms with Crippen molar-refractivity contribution in [3.8, 4) is 5.82 Å². The van der Waals surface area contributed by atoms with Crippen molar-refractivity contribution in [3.63, 3.8) is 0 Å². The van der Waals surface area contributed by atoms with E-state index in [1.165, 1.54) is 5.56 Å². The third-order valence-corrected chi connectivity index (χ3v) is 4.57. The molecular weight excluding hydrogens is 342 g/mol. The number of rotatable bonds is 3. The maximum Gasteiger partial charge on any atom is 0.321 e. The van der Waals surface area contributed by atoms with Crippen molar-refractivity contribution in [1.29, 1.82) is 0 Å². The van der Waals surface area contributed by atoms with E-state index in [0.29, 0.717) is 18.9 Å². The monoisotopic (exact) mass is 363 g/mol. The van der Waals surface area contributed by atoms with E-state index in [2.05, 4.69) is 25.5 Å². The van der Waals surface area contributed by atoms with Gasteiger partial charge in [-0.1, -0.05) is 17.7 Å². The normalized spacial score (nSPS) is 14.3. The summed E-state index contributed by atoms with van der Waals surface area (Å²) in [6.45, 7) is 4.74. The van der Waals surface area contributed by atoms with Crippen LogP contribution in [-0.4, -0.2) is 57.1 Å². The minimum Gasteiger partial charge on any atom is -0.352 e. The van der Waals surface area contributed by atoms with Crippen LogP contribution < -0.4 is 10.2 Å². The standard InChI is InChI=1S/C19H21N7O/c1-15-3-5-16(6-4-15)21-19(27)25-13-11-24(12-14-25)17-7-8-18(23-22-17)26-10-2-9-20-26/h2-10H,11-14H2,1H3,(H,21,27). The Labute approximate surface area is 157 Å². The molecule has 8 nitrogen and oxygen atoms in total. The van der Waals surface area contributed by atoms with Crippen LogP contribution in [0.1, 0.15) is 5.56 Å². The molecule has 1 aromatic carbocycles.